The number of rotatable bonds is 5. The molecular formula is C16H22N2O. The number of hydrogen-bond donors (Lipinski definition) is 1. The number of nitrogens with one attached hydrogen (secondary N) is 1. The number of hydrogen-bond acceptors (Lipinski definition) is 2. The molecule has 1 N–H and O–H groups in total. The Morgan fingerprint density at radius 3 is 2.32 bits per heavy atom. The summed E-state index contributed by atoms with van der Waals surface area (Å²) in [5, 5.41) is 7.23. The molecular weight excluding hydrogens is 236 g/mol. The number of aromatic amines is 1. The van der Waals surface area contributed by atoms with Crippen LogP contribution in [0.25, 0.3) is 0 Å². The maximum absolute atomic E-state index is 5.82. The maximum atomic E-state index is 5.82. The minimum absolute atomic E-state index is 0.743. The van der Waals surface area contributed by atoms with Crippen LogP contribution in [0.3, 0.4) is 0 Å². The smallest absolute Gasteiger partial charge is 0.119 e. The summed E-state index contributed by atoms with van der Waals surface area (Å²) in [6.07, 6.45) is 2.02. The largest absolute Gasteiger partial charge is 0.494 e. The molecule has 1 heterocycles. The average molecular weight is 258 g/mol. The average Bonchev–Trinajstić information content (AvgIpc) is 2.64. The van der Waals surface area contributed by atoms with E-state index in [1.807, 2.05) is 6.92 Å². The van der Waals surface area contributed by atoms with E-state index >= 15 is 0 Å². The van der Waals surface area contributed by atoms with Gasteiger partial charge < -0.3 is 4.74 Å². The summed E-state index contributed by atoms with van der Waals surface area (Å²) >= 11 is 0. The lowest BCUT2D eigenvalue weighted by atomic mass is 10.1. The van der Waals surface area contributed by atoms with Crippen LogP contribution in [-0.4, -0.2) is 16.8 Å². The highest BCUT2D eigenvalue weighted by molar-refractivity contribution is 5.33. The van der Waals surface area contributed by atoms with E-state index in [1.165, 1.54) is 22.4 Å². The van der Waals surface area contributed by atoms with Crippen molar-refractivity contribution >= 4 is 0 Å². The number of nitrogens with zero attached hydrogens (tertiary/aromatic N) is 1. The first-order valence-electron chi connectivity index (χ1n) is 6.78. The highest BCUT2D eigenvalue weighted by Gasteiger charge is 2.05. The van der Waals surface area contributed by atoms with Gasteiger partial charge in [0.05, 0.1) is 12.3 Å². The molecule has 2 rings (SSSR count). The van der Waals surface area contributed by atoms with Gasteiger partial charge in [0.2, 0.25) is 0 Å². The van der Waals surface area contributed by atoms with Crippen molar-refractivity contribution in [3.8, 4) is 5.75 Å². The molecule has 3 heteroatoms. The first-order chi connectivity index (χ1) is 9.06. The van der Waals surface area contributed by atoms with Crippen LogP contribution in [0.5, 0.6) is 5.75 Å². The first-order valence-corrected chi connectivity index (χ1v) is 6.78. The second-order valence-electron chi connectivity index (χ2n) is 5.19. The van der Waals surface area contributed by atoms with Gasteiger partial charge in [0.15, 0.2) is 0 Å². The molecule has 0 unspecified atom stereocenters. The number of H-pyrrole nitrogens is 1. The van der Waals surface area contributed by atoms with E-state index in [0.29, 0.717) is 0 Å². The van der Waals surface area contributed by atoms with Gasteiger partial charge in [-0.2, -0.15) is 5.10 Å². The molecule has 0 aliphatic rings. The molecule has 0 saturated heterocycles. The normalized spacial score (nSPS) is 10.7. The van der Waals surface area contributed by atoms with E-state index in [0.717, 1.165) is 30.9 Å². The van der Waals surface area contributed by atoms with Crippen molar-refractivity contribution in [2.24, 2.45) is 0 Å². The molecule has 0 bridgehead atoms. The Balaban J connectivity index is 1.84. The molecule has 1 aromatic heterocycles. The third kappa shape index (κ3) is 3.60. The Hall–Kier alpha value is -1.77. The topological polar surface area (TPSA) is 37.9 Å². The van der Waals surface area contributed by atoms with Gasteiger partial charge in [-0.05, 0) is 69.4 Å². The first kappa shape index (κ1) is 13.7. The SMILES string of the molecule is Cc1cc(C)cc(OCCCc2c(C)n[nH]c2C)c1. The zero-order valence-corrected chi connectivity index (χ0v) is 12.2. The summed E-state index contributed by atoms with van der Waals surface area (Å²) in [7, 11) is 0. The number of ether oxygens (including phenoxy) is 1. The van der Waals surface area contributed by atoms with Crippen molar-refractivity contribution < 1.29 is 4.74 Å². The third-order valence-electron chi connectivity index (χ3n) is 3.32. The third-order valence-corrected chi connectivity index (χ3v) is 3.32. The second-order valence-corrected chi connectivity index (χ2v) is 5.19. The quantitative estimate of drug-likeness (QED) is 0.831. The van der Waals surface area contributed by atoms with Crippen molar-refractivity contribution in [2.75, 3.05) is 6.61 Å². The van der Waals surface area contributed by atoms with Crippen LogP contribution in [0, 0.1) is 27.7 Å². The Kier molecular flexibility index (Phi) is 4.25. The summed E-state index contributed by atoms with van der Waals surface area (Å²) in [5.74, 6) is 0.970. The predicted octanol–water partition coefficient (Wildman–Crippen LogP) is 3.65. The fourth-order valence-corrected chi connectivity index (χ4v) is 2.40. The van der Waals surface area contributed by atoms with Gasteiger partial charge >= 0.3 is 0 Å². The predicted molar refractivity (Wildman–Crippen MR) is 77.8 cm³/mol. The van der Waals surface area contributed by atoms with Gasteiger partial charge in [-0.3, -0.25) is 5.10 Å². The van der Waals surface area contributed by atoms with E-state index in [1.54, 1.807) is 0 Å². The lowest BCUT2D eigenvalue weighted by Crippen LogP contribution is -2.01. The zero-order valence-electron chi connectivity index (χ0n) is 12.2. The van der Waals surface area contributed by atoms with E-state index in [9.17, 15) is 0 Å². The summed E-state index contributed by atoms with van der Waals surface area (Å²) in [6, 6.07) is 6.33. The van der Waals surface area contributed by atoms with Crippen LogP contribution in [0.1, 0.15) is 34.5 Å². The fourth-order valence-electron chi connectivity index (χ4n) is 2.40. The minimum atomic E-state index is 0.743. The zero-order chi connectivity index (χ0) is 13.8. The van der Waals surface area contributed by atoms with Crippen LogP contribution < -0.4 is 4.74 Å². The summed E-state index contributed by atoms with van der Waals surface area (Å²) in [5.41, 5.74) is 6.09. The van der Waals surface area contributed by atoms with Gasteiger partial charge in [0.1, 0.15) is 5.75 Å². The molecule has 0 saturated carbocycles. The van der Waals surface area contributed by atoms with Crippen LogP contribution >= 0.6 is 0 Å². The fraction of sp³-hybridized carbons (Fsp3) is 0.438. The van der Waals surface area contributed by atoms with Crippen molar-refractivity contribution in [1.82, 2.24) is 10.2 Å². The van der Waals surface area contributed by atoms with Crippen LogP contribution in [0.15, 0.2) is 18.2 Å². The second kappa shape index (κ2) is 5.91. The number of aryl methyl sites for hydroxylation is 4. The van der Waals surface area contributed by atoms with Crippen molar-refractivity contribution in [1.29, 1.82) is 0 Å². The summed E-state index contributed by atoms with van der Waals surface area (Å²) in [6.45, 7) is 9.05. The van der Waals surface area contributed by atoms with E-state index < -0.39 is 0 Å². The molecule has 1 aromatic carbocycles. The molecule has 0 atom stereocenters. The number of benzene rings is 1. The Morgan fingerprint density at radius 2 is 1.74 bits per heavy atom. The van der Waals surface area contributed by atoms with E-state index in [4.69, 9.17) is 4.74 Å². The molecule has 2 aromatic rings. The standard InChI is InChI=1S/C16H22N2O/c1-11-8-12(2)10-15(9-11)19-7-5-6-16-13(3)17-18-14(16)4/h8-10H,5-7H2,1-4H3,(H,17,18). The molecule has 0 amide bonds. The Morgan fingerprint density at radius 1 is 1.05 bits per heavy atom. The van der Waals surface area contributed by atoms with E-state index in [2.05, 4.69) is 49.2 Å². The Bertz CT molecular complexity index is 518. The Labute approximate surface area is 115 Å². The molecule has 3 nitrogen and oxygen atoms in total. The van der Waals surface area contributed by atoms with Crippen molar-refractivity contribution in [3.05, 3.63) is 46.3 Å². The van der Waals surface area contributed by atoms with Crippen molar-refractivity contribution in [2.45, 2.75) is 40.5 Å². The van der Waals surface area contributed by atoms with Gasteiger partial charge in [0, 0.05) is 5.69 Å². The highest BCUT2D eigenvalue weighted by Crippen LogP contribution is 2.17. The van der Waals surface area contributed by atoms with Crippen LogP contribution in [0.4, 0.5) is 0 Å². The molecule has 19 heavy (non-hydrogen) atoms. The monoisotopic (exact) mass is 258 g/mol. The molecule has 0 fully saturated rings. The molecule has 0 radical (unpaired) electrons. The van der Waals surface area contributed by atoms with Crippen LogP contribution in [0.2, 0.25) is 0 Å². The van der Waals surface area contributed by atoms with Gasteiger partial charge in [-0.15, -0.1) is 0 Å². The molecule has 0 aliphatic carbocycles. The summed E-state index contributed by atoms with van der Waals surface area (Å²) < 4.78 is 5.82. The highest BCUT2D eigenvalue weighted by atomic mass is 16.5. The summed E-state index contributed by atoms with van der Waals surface area (Å²) in [4.78, 5) is 0. The lowest BCUT2D eigenvalue weighted by Gasteiger charge is -2.08. The van der Waals surface area contributed by atoms with Crippen LogP contribution in [-0.2, 0) is 6.42 Å². The maximum Gasteiger partial charge on any atom is 0.119 e. The minimum Gasteiger partial charge on any atom is -0.494 e. The van der Waals surface area contributed by atoms with Gasteiger partial charge in [-0.25, -0.2) is 0 Å². The molecule has 0 spiro atoms. The van der Waals surface area contributed by atoms with Gasteiger partial charge in [-0.1, -0.05) is 6.07 Å². The molecule has 0 aliphatic heterocycles. The van der Waals surface area contributed by atoms with Gasteiger partial charge in [0.25, 0.3) is 0 Å². The van der Waals surface area contributed by atoms with E-state index in [-0.39, 0.29) is 0 Å². The number of aromatic nitrogens is 2. The van der Waals surface area contributed by atoms with Crippen molar-refractivity contribution in [3.63, 3.8) is 0 Å². The lowest BCUT2D eigenvalue weighted by molar-refractivity contribution is 0.310. The molecule has 102 valence electrons.